The summed E-state index contributed by atoms with van der Waals surface area (Å²) >= 11 is 0. The minimum atomic E-state index is -0.144. The topological polar surface area (TPSA) is 65.0 Å². The summed E-state index contributed by atoms with van der Waals surface area (Å²) in [6.07, 6.45) is 0. The minimum absolute atomic E-state index is 0.0336. The third kappa shape index (κ3) is 2.77. The summed E-state index contributed by atoms with van der Waals surface area (Å²) in [5.74, 6) is 1.59. The third-order valence-electron chi connectivity index (χ3n) is 5.45. The molecule has 26 heavy (non-hydrogen) atoms. The molecule has 0 spiro atoms. The zero-order chi connectivity index (χ0) is 19.0. The Morgan fingerprint density at radius 2 is 1.54 bits per heavy atom. The molecule has 2 aromatic carbocycles. The first-order valence-electron chi connectivity index (χ1n) is 8.59. The van der Waals surface area contributed by atoms with Crippen molar-refractivity contribution >= 4 is 5.78 Å². The number of aromatic hydroxyl groups is 1. The van der Waals surface area contributed by atoms with Crippen LogP contribution in [0.25, 0.3) is 0 Å². The van der Waals surface area contributed by atoms with Gasteiger partial charge >= 0.3 is 0 Å². The van der Waals surface area contributed by atoms with Crippen LogP contribution >= 0.6 is 0 Å². The second kappa shape index (κ2) is 6.90. The van der Waals surface area contributed by atoms with Crippen LogP contribution in [0.4, 0.5) is 0 Å². The Balaban J connectivity index is 2.20. The number of benzene rings is 2. The van der Waals surface area contributed by atoms with Crippen LogP contribution in [-0.4, -0.2) is 32.2 Å². The molecule has 0 bridgehead atoms. The number of methoxy groups -OCH3 is 3. The van der Waals surface area contributed by atoms with Crippen LogP contribution < -0.4 is 14.2 Å². The minimum Gasteiger partial charge on any atom is -0.504 e. The van der Waals surface area contributed by atoms with Gasteiger partial charge in [-0.25, -0.2) is 0 Å². The van der Waals surface area contributed by atoms with Gasteiger partial charge in [0.05, 0.1) is 21.3 Å². The molecular weight excluding hydrogens is 332 g/mol. The number of hydrogen-bond donors (Lipinski definition) is 1. The zero-order valence-electron chi connectivity index (χ0n) is 15.7. The van der Waals surface area contributed by atoms with Gasteiger partial charge in [-0.2, -0.15) is 0 Å². The highest BCUT2D eigenvalue weighted by Gasteiger charge is 2.39. The molecule has 1 N–H and O–H groups in total. The molecule has 138 valence electrons. The van der Waals surface area contributed by atoms with E-state index in [0.717, 1.165) is 11.1 Å². The number of phenolic OH excluding ortho intramolecular Hbond substituents is 1. The Hall–Kier alpha value is -2.69. The maximum Gasteiger partial charge on any atom is 0.166 e. The van der Waals surface area contributed by atoms with E-state index in [4.69, 9.17) is 14.2 Å². The van der Waals surface area contributed by atoms with Crippen LogP contribution in [0.5, 0.6) is 23.0 Å². The lowest BCUT2D eigenvalue weighted by molar-refractivity contribution is 0.0865. The molecule has 3 rings (SSSR count). The van der Waals surface area contributed by atoms with E-state index >= 15 is 0 Å². The monoisotopic (exact) mass is 356 g/mol. The predicted molar refractivity (Wildman–Crippen MR) is 98.7 cm³/mol. The lowest BCUT2D eigenvalue weighted by atomic mass is 9.67. The smallest absolute Gasteiger partial charge is 0.166 e. The number of ether oxygens (including phenoxy) is 3. The summed E-state index contributed by atoms with van der Waals surface area (Å²) < 4.78 is 16.0. The molecule has 0 unspecified atom stereocenters. The van der Waals surface area contributed by atoms with Crippen molar-refractivity contribution in [3.63, 3.8) is 0 Å². The number of carbonyl (C=O) groups is 1. The lowest BCUT2D eigenvalue weighted by Gasteiger charge is -2.36. The number of carbonyl (C=O) groups excluding carboxylic acids is 1. The van der Waals surface area contributed by atoms with Gasteiger partial charge in [-0.15, -0.1) is 0 Å². The van der Waals surface area contributed by atoms with Crippen LogP contribution in [0.1, 0.15) is 41.3 Å². The molecule has 0 radical (unpaired) electrons. The van der Waals surface area contributed by atoms with Gasteiger partial charge < -0.3 is 19.3 Å². The average Bonchev–Trinajstić information content (AvgIpc) is 2.66. The molecule has 5 heteroatoms. The largest absolute Gasteiger partial charge is 0.504 e. The van der Waals surface area contributed by atoms with Gasteiger partial charge in [0.15, 0.2) is 28.8 Å². The third-order valence-corrected chi connectivity index (χ3v) is 5.45. The van der Waals surface area contributed by atoms with Gasteiger partial charge in [0.25, 0.3) is 0 Å². The van der Waals surface area contributed by atoms with E-state index in [1.54, 1.807) is 26.4 Å². The second-order valence-electron chi connectivity index (χ2n) is 6.72. The first-order chi connectivity index (χ1) is 12.4. The van der Waals surface area contributed by atoms with Crippen molar-refractivity contribution in [3.05, 3.63) is 47.0 Å². The molecule has 1 aliphatic rings. The highest BCUT2D eigenvalue weighted by molar-refractivity contribution is 6.01. The number of phenols is 1. The Morgan fingerprint density at radius 1 is 0.885 bits per heavy atom. The Bertz CT molecular complexity index is 843. The summed E-state index contributed by atoms with van der Waals surface area (Å²) in [4.78, 5) is 12.8. The van der Waals surface area contributed by atoms with E-state index in [-0.39, 0.29) is 29.3 Å². The Labute approximate surface area is 153 Å². The normalized spacial score (nSPS) is 21.9. The molecule has 0 amide bonds. The SMILES string of the molecule is COc1cc2c(cc1O)[C@@H](c1ccc(OC)c(OC)c1)[C@H](C)[C@H](C)C2=O. The fraction of sp³-hybridized carbons (Fsp3) is 0.381. The molecule has 2 aromatic rings. The molecule has 0 aromatic heterocycles. The van der Waals surface area contributed by atoms with E-state index in [0.29, 0.717) is 22.8 Å². The van der Waals surface area contributed by atoms with E-state index < -0.39 is 0 Å². The van der Waals surface area contributed by atoms with E-state index in [1.165, 1.54) is 7.11 Å². The number of fused-ring (bicyclic) bond motifs is 1. The van der Waals surface area contributed by atoms with E-state index in [9.17, 15) is 9.90 Å². The summed E-state index contributed by atoms with van der Waals surface area (Å²) in [5, 5.41) is 10.3. The highest BCUT2D eigenvalue weighted by atomic mass is 16.5. The van der Waals surface area contributed by atoms with Crippen LogP contribution in [0.3, 0.4) is 0 Å². The van der Waals surface area contributed by atoms with Crippen molar-refractivity contribution in [1.29, 1.82) is 0 Å². The number of ketones is 1. The summed E-state index contributed by atoms with van der Waals surface area (Å²) in [5.41, 5.74) is 2.43. The van der Waals surface area contributed by atoms with Crippen molar-refractivity contribution in [1.82, 2.24) is 0 Å². The summed E-state index contributed by atoms with van der Waals surface area (Å²) in [6.45, 7) is 4.01. The van der Waals surface area contributed by atoms with Crippen LogP contribution in [0.15, 0.2) is 30.3 Å². The quantitative estimate of drug-likeness (QED) is 0.896. The number of rotatable bonds is 4. The Morgan fingerprint density at radius 3 is 2.15 bits per heavy atom. The molecule has 0 saturated heterocycles. The number of Topliss-reactive ketones (excluding diaryl/α,β-unsaturated/α-hetero) is 1. The molecule has 0 aliphatic heterocycles. The fourth-order valence-electron chi connectivity index (χ4n) is 3.80. The van der Waals surface area contributed by atoms with Gasteiger partial charge in [-0.05, 0) is 41.3 Å². The van der Waals surface area contributed by atoms with Crippen LogP contribution in [-0.2, 0) is 0 Å². The average molecular weight is 356 g/mol. The van der Waals surface area contributed by atoms with Gasteiger partial charge in [-0.3, -0.25) is 4.79 Å². The van der Waals surface area contributed by atoms with Gasteiger partial charge in [0, 0.05) is 17.4 Å². The van der Waals surface area contributed by atoms with Crippen LogP contribution in [0, 0.1) is 11.8 Å². The lowest BCUT2D eigenvalue weighted by Crippen LogP contribution is -2.32. The highest BCUT2D eigenvalue weighted by Crippen LogP contribution is 2.47. The number of hydrogen-bond acceptors (Lipinski definition) is 5. The second-order valence-corrected chi connectivity index (χ2v) is 6.72. The van der Waals surface area contributed by atoms with Gasteiger partial charge in [-0.1, -0.05) is 19.9 Å². The van der Waals surface area contributed by atoms with Crippen molar-refractivity contribution in [2.24, 2.45) is 11.8 Å². The fourth-order valence-corrected chi connectivity index (χ4v) is 3.80. The zero-order valence-corrected chi connectivity index (χ0v) is 15.7. The van der Waals surface area contributed by atoms with Crippen molar-refractivity contribution < 1.29 is 24.1 Å². The van der Waals surface area contributed by atoms with E-state index in [1.807, 2.05) is 25.1 Å². The molecule has 0 saturated carbocycles. The first kappa shape index (κ1) is 18.1. The molecule has 5 nitrogen and oxygen atoms in total. The van der Waals surface area contributed by atoms with Crippen LogP contribution in [0.2, 0.25) is 0 Å². The van der Waals surface area contributed by atoms with Gasteiger partial charge in [0.2, 0.25) is 0 Å². The molecule has 1 aliphatic carbocycles. The molecule has 0 fully saturated rings. The van der Waals surface area contributed by atoms with E-state index in [2.05, 4.69) is 6.92 Å². The standard InChI is InChI=1S/C21H24O5/c1-11-12(2)21(23)15-10-18(25-4)16(22)9-14(15)20(11)13-6-7-17(24-3)19(8-13)26-5/h6-12,20,22H,1-5H3/t11-,12+,20-/m1/s1. The van der Waals surface area contributed by atoms with Gasteiger partial charge in [0.1, 0.15) is 0 Å². The molecular formula is C21H24O5. The molecule has 3 atom stereocenters. The predicted octanol–water partition coefficient (Wildman–Crippen LogP) is 4.02. The maximum absolute atomic E-state index is 12.8. The summed E-state index contributed by atoms with van der Waals surface area (Å²) in [7, 11) is 4.68. The van der Waals surface area contributed by atoms with Crippen molar-refractivity contribution in [2.45, 2.75) is 19.8 Å². The molecule has 0 heterocycles. The maximum atomic E-state index is 12.8. The van der Waals surface area contributed by atoms with Crippen molar-refractivity contribution in [3.8, 4) is 23.0 Å². The Kier molecular flexibility index (Phi) is 4.81. The first-order valence-corrected chi connectivity index (χ1v) is 8.59. The summed E-state index contributed by atoms with van der Waals surface area (Å²) in [6, 6.07) is 9.08. The van der Waals surface area contributed by atoms with Crippen molar-refractivity contribution in [2.75, 3.05) is 21.3 Å².